The first-order valence-corrected chi connectivity index (χ1v) is 8.07. The second-order valence-electron chi connectivity index (χ2n) is 6.74. The highest BCUT2D eigenvalue weighted by molar-refractivity contribution is 5.88. The van der Waals surface area contributed by atoms with E-state index in [4.69, 9.17) is 9.47 Å². The van der Waals surface area contributed by atoms with Crippen molar-refractivity contribution in [1.82, 2.24) is 0 Å². The molecule has 4 nitrogen and oxygen atoms in total. The van der Waals surface area contributed by atoms with Crippen LogP contribution in [0, 0.1) is 13.8 Å². The summed E-state index contributed by atoms with van der Waals surface area (Å²) in [6.07, 6.45) is 0. The molecule has 0 amide bonds. The molecule has 2 rings (SSSR count). The summed E-state index contributed by atoms with van der Waals surface area (Å²) in [6, 6.07) is 10.7. The summed E-state index contributed by atoms with van der Waals surface area (Å²) in [5, 5.41) is 10.2. The fraction of sp³-hybridized carbons (Fsp3) is 0.286. The van der Waals surface area contributed by atoms with Crippen LogP contribution in [0.15, 0.2) is 48.6 Å². The van der Waals surface area contributed by atoms with Crippen LogP contribution in [0.3, 0.4) is 0 Å². The third-order valence-electron chi connectivity index (χ3n) is 3.77. The van der Waals surface area contributed by atoms with Crippen molar-refractivity contribution in [2.75, 3.05) is 0 Å². The maximum absolute atomic E-state index is 11.5. The highest BCUT2D eigenvalue weighted by atomic mass is 16.5. The topological polar surface area (TPSA) is 55.8 Å². The van der Waals surface area contributed by atoms with Crippen molar-refractivity contribution >= 4 is 5.97 Å². The van der Waals surface area contributed by atoms with E-state index in [1.807, 2.05) is 26.0 Å². The van der Waals surface area contributed by atoms with E-state index in [2.05, 4.69) is 6.58 Å². The van der Waals surface area contributed by atoms with E-state index in [0.29, 0.717) is 17.1 Å². The van der Waals surface area contributed by atoms with Crippen molar-refractivity contribution in [3.63, 3.8) is 0 Å². The molecule has 0 heterocycles. The molecule has 0 aliphatic heterocycles. The summed E-state index contributed by atoms with van der Waals surface area (Å²) >= 11 is 0. The molecule has 0 aliphatic rings. The van der Waals surface area contributed by atoms with Crippen LogP contribution in [0.5, 0.6) is 17.2 Å². The number of benzene rings is 2. The average Bonchev–Trinajstić information content (AvgIpc) is 2.51. The molecule has 0 saturated carbocycles. The lowest BCUT2D eigenvalue weighted by Gasteiger charge is -2.21. The largest absolute Gasteiger partial charge is 0.457 e. The minimum absolute atomic E-state index is 0.346. The zero-order chi connectivity index (χ0) is 18.8. The van der Waals surface area contributed by atoms with Crippen LogP contribution in [0.25, 0.3) is 0 Å². The maximum Gasteiger partial charge on any atom is 0.338 e. The number of ether oxygens (including phenoxy) is 2. The van der Waals surface area contributed by atoms with Gasteiger partial charge in [-0.2, -0.15) is 0 Å². The van der Waals surface area contributed by atoms with Crippen LogP contribution < -0.4 is 9.47 Å². The standard InChI is InChI=1S/C21H24O4/c1-13(2)20(22)25-18-9-7-17(8-10-18)24-19-14(3)11-16(12-15(19)4)21(5,6)23/h7-12,23H,1H2,2-6H3. The molecule has 2 aromatic rings. The number of carbonyl (C=O) groups is 1. The van der Waals surface area contributed by atoms with Gasteiger partial charge >= 0.3 is 5.97 Å². The van der Waals surface area contributed by atoms with Crippen molar-refractivity contribution in [1.29, 1.82) is 0 Å². The van der Waals surface area contributed by atoms with Crippen LogP contribution in [-0.4, -0.2) is 11.1 Å². The van der Waals surface area contributed by atoms with Crippen molar-refractivity contribution in [2.24, 2.45) is 0 Å². The molecule has 25 heavy (non-hydrogen) atoms. The van der Waals surface area contributed by atoms with E-state index in [0.717, 1.165) is 22.4 Å². The molecule has 0 unspecified atom stereocenters. The van der Waals surface area contributed by atoms with Gasteiger partial charge in [-0.25, -0.2) is 4.79 Å². The first-order chi connectivity index (χ1) is 11.6. The van der Waals surface area contributed by atoms with Crippen LogP contribution in [0.2, 0.25) is 0 Å². The Bertz CT molecular complexity index is 773. The Morgan fingerprint density at radius 2 is 1.52 bits per heavy atom. The number of esters is 1. The van der Waals surface area contributed by atoms with E-state index < -0.39 is 11.6 Å². The van der Waals surface area contributed by atoms with Gasteiger partial charge in [0.1, 0.15) is 17.2 Å². The summed E-state index contributed by atoms with van der Waals surface area (Å²) in [4.78, 5) is 11.5. The monoisotopic (exact) mass is 340 g/mol. The van der Waals surface area contributed by atoms with E-state index in [1.165, 1.54) is 0 Å². The van der Waals surface area contributed by atoms with Crippen LogP contribution in [0.1, 0.15) is 37.5 Å². The summed E-state index contributed by atoms with van der Waals surface area (Å²) in [6.45, 7) is 12.6. The molecule has 0 radical (unpaired) electrons. The summed E-state index contributed by atoms with van der Waals surface area (Å²) < 4.78 is 11.1. The van der Waals surface area contributed by atoms with Crippen LogP contribution in [-0.2, 0) is 10.4 Å². The van der Waals surface area contributed by atoms with Gasteiger partial charge in [-0.3, -0.25) is 0 Å². The van der Waals surface area contributed by atoms with Gasteiger partial charge in [0.15, 0.2) is 0 Å². The van der Waals surface area contributed by atoms with Gasteiger partial charge in [0.2, 0.25) is 0 Å². The second kappa shape index (κ2) is 7.11. The highest BCUT2D eigenvalue weighted by Crippen LogP contribution is 2.33. The predicted octanol–water partition coefficient (Wildman–Crippen LogP) is 4.80. The molecule has 0 fully saturated rings. The summed E-state index contributed by atoms with van der Waals surface area (Å²) in [7, 11) is 0. The van der Waals surface area contributed by atoms with Gasteiger partial charge in [-0.1, -0.05) is 6.58 Å². The van der Waals surface area contributed by atoms with E-state index in [-0.39, 0.29) is 0 Å². The number of aliphatic hydroxyl groups is 1. The first-order valence-electron chi connectivity index (χ1n) is 8.07. The lowest BCUT2D eigenvalue weighted by atomic mass is 9.94. The Hall–Kier alpha value is -2.59. The fourth-order valence-electron chi connectivity index (χ4n) is 2.35. The molecular weight excluding hydrogens is 316 g/mol. The molecule has 132 valence electrons. The van der Waals surface area contributed by atoms with Crippen molar-refractivity contribution < 1.29 is 19.4 Å². The van der Waals surface area contributed by atoms with Crippen molar-refractivity contribution in [3.8, 4) is 17.2 Å². The lowest BCUT2D eigenvalue weighted by molar-refractivity contribution is -0.130. The molecule has 1 N–H and O–H groups in total. The molecular formula is C21H24O4. The summed E-state index contributed by atoms with van der Waals surface area (Å²) in [5.74, 6) is 1.37. The van der Waals surface area contributed by atoms with Gasteiger partial charge in [0.25, 0.3) is 0 Å². The maximum atomic E-state index is 11.5. The van der Waals surface area contributed by atoms with E-state index in [9.17, 15) is 9.90 Å². The van der Waals surface area contributed by atoms with Gasteiger partial charge in [0, 0.05) is 5.57 Å². The number of carbonyl (C=O) groups excluding carboxylic acids is 1. The van der Waals surface area contributed by atoms with Crippen LogP contribution in [0.4, 0.5) is 0 Å². The number of aryl methyl sites for hydroxylation is 2. The molecule has 0 spiro atoms. The molecule has 0 aromatic heterocycles. The van der Waals surface area contributed by atoms with Gasteiger partial charge < -0.3 is 14.6 Å². The van der Waals surface area contributed by atoms with Crippen molar-refractivity contribution in [2.45, 2.75) is 40.2 Å². The Balaban J connectivity index is 2.20. The zero-order valence-corrected chi connectivity index (χ0v) is 15.3. The Kier molecular flexibility index (Phi) is 5.33. The second-order valence-corrected chi connectivity index (χ2v) is 6.74. The minimum Gasteiger partial charge on any atom is -0.457 e. The molecule has 0 aliphatic carbocycles. The average molecular weight is 340 g/mol. The molecule has 4 heteroatoms. The van der Waals surface area contributed by atoms with Gasteiger partial charge in [-0.05, 0) is 87.7 Å². The Labute approximate surface area is 148 Å². The normalized spacial score (nSPS) is 11.1. The Morgan fingerprint density at radius 3 is 1.96 bits per heavy atom. The van der Waals surface area contributed by atoms with E-state index in [1.54, 1.807) is 45.0 Å². The number of hydrogen-bond donors (Lipinski definition) is 1. The first kappa shape index (κ1) is 18.7. The third kappa shape index (κ3) is 4.70. The Morgan fingerprint density at radius 1 is 1.04 bits per heavy atom. The van der Waals surface area contributed by atoms with Crippen LogP contribution >= 0.6 is 0 Å². The molecule has 2 aromatic carbocycles. The minimum atomic E-state index is -0.900. The van der Waals surface area contributed by atoms with Gasteiger partial charge in [-0.15, -0.1) is 0 Å². The number of rotatable bonds is 5. The number of hydrogen-bond acceptors (Lipinski definition) is 4. The lowest BCUT2D eigenvalue weighted by Crippen LogP contribution is -2.16. The van der Waals surface area contributed by atoms with E-state index >= 15 is 0 Å². The molecule has 0 saturated heterocycles. The quantitative estimate of drug-likeness (QED) is 0.482. The molecule has 0 bridgehead atoms. The smallest absolute Gasteiger partial charge is 0.338 e. The molecule has 0 atom stereocenters. The van der Waals surface area contributed by atoms with Gasteiger partial charge in [0.05, 0.1) is 5.60 Å². The predicted molar refractivity (Wildman–Crippen MR) is 98.1 cm³/mol. The summed E-state index contributed by atoms with van der Waals surface area (Å²) in [5.41, 5.74) is 2.17. The fourth-order valence-corrected chi connectivity index (χ4v) is 2.35. The highest BCUT2D eigenvalue weighted by Gasteiger charge is 2.19. The SMILES string of the molecule is C=C(C)C(=O)Oc1ccc(Oc2c(C)cc(C(C)(C)O)cc2C)cc1. The van der Waals surface area contributed by atoms with Crippen molar-refractivity contribution in [3.05, 3.63) is 65.2 Å². The zero-order valence-electron chi connectivity index (χ0n) is 15.3. The third-order valence-corrected chi connectivity index (χ3v) is 3.77.